The summed E-state index contributed by atoms with van der Waals surface area (Å²) >= 11 is 1.64. The summed E-state index contributed by atoms with van der Waals surface area (Å²) in [5.74, 6) is 0. The summed E-state index contributed by atoms with van der Waals surface area (Å²) in [4.78, 5) is 2.50. The van der Waals surface area contributed by atoms with Gasteiger partial charge in [0.25, 0.3) is 0 Å². The molecule has 1 fully saturated rings. The van der Waals surface area contributed by atoms with Crippen LogP contribution in [0.15, 0.2) is 46.0 Å². The minimum atomic E-state index is -3.25. The van der Waals surface area contributed by atoms with Gasteiger partial charge in [0.15, 0.2) is 9.84 Å². The predicted molar refractivity (Wildman–Crippen MR) is 89.4 cm³/mol. The van der Waals surface area contributed by atoms with Crippen molar-refractivity contribution in [1.29, 1.82) is 0 Å². The molecular weight excluding hydrogens is 318 g/mol. The van der Waals surface area contributed by atoms with Gasteiger partial charge in [-0.2, -0.15) is 11.3 Å². The molecule has 0 saturated carbocycles. The quantitative estimate of drug-likeness (QED) is 0.863. The van der Waals surface area contributed by atoms with Gasteiger partial charge in [-0.1, -0.05) is 12.1 Å². The Labute approximate surface area is 135 Å². The van der Waals surface area contributed by atoms with Crippen molar-refractivity contribution in [2.45, 2.75) is 24.0 Å². The Morgan fingerprint density at radius 1 is 1.23 bits per heavy atom. The van der Waals surface area contributed by atoms with Crippen LogP contribution in [0.5, 0.6) is 0 Å². The van der Waals surface area contributed by atoms with E-state index in [0.29, 0.717) is 18.0 Å². The van der Waals surface area contributed by atoms with E-state index in [1.807, 2.05) is 24.4 Å². The molecule has 2 atom stereocenters. The summed E-state index contributed by atoms with van der Waals surface area (Å²) in [5, 5.41) is 4.12. The number of anilines is 1. The maximum atomic E-state index is 12.0. The highest BCUT2D eigenvalue weighted by Gasteiger charge is 2.29. The average Bonchev–Trinajstić information content (AvgIpc) is 3.00. The molecule has 0 amide bonds. The fourth-order valence-electron chi connectivity index (χ4n) is 2.82. The van der Waals surface area contributed by atoms with Gasteiger partial charge >= 0.3 is 0 Å². The van der Waals surface area contributed by atoms with Crippen LogP contribution in [0.25, 0.3) is 0 Å². The molecule has 0 N–H and O–H groups in total. The molecule has 0 unspecified atom stereocenters. The standard InChI is InChI=1S/C16H19NO3S2/c1-12-9-17(10-15(20-12)13-7-8-21-11-13)14-5-3-4-6-16(14)22(2,18)19/h3-8,11-12,15H,9-10H2,1-2H3/t12-,15+/m1/s1. The smallest absolute Gasteiger partial charge is 0.177 e. The zero-order valence-electron chi connectivity index (χ0n) is 12.6. The van der Waals surface area contributed by atoms with Crippen LogP contribution in [-0.2, 0) is 14.6 Å². The molecule has 1 aromatic carbocycles. The molecule has 22 heavy (non-hydrogen) atoms. The number of benzene rings is 1. The molecule has 0 spiro atoms. The molecule has 2 heterocycles. The van der Waals surface area contributed by atoms with Gasteiger partial charge in [-0.15, -0.1) is 0 Å². The summed E-state index contributed by atoms with van der Waals surface area (Å²) < 4.78 is 30.1. The number of hydrogen-bond acceptors (Lipinski definition) is 5. The Morgan fingerprint density at radius 3 is 2.68 bits per heavy atom. The number of hydrogen-bond donors (Lipinski definition) is 0. The van der Waals surface area contributed by atoms with Crippen LogP contribution in [0.1, 0.15) is 18.6 Å². The molecule has 3 rings (SSSR count). The molecular formula is C16H19NO3S2. The second-order valence-electron chi connectivity index (χ2n) is 5.64. The van der Waals surface area contributed by atoms with Crippen LogP contribution in [0.3, 0.4) is 0 Å². The monoisotopic (exact) mass is 337 g/mol. The van der Waals surface area contributed by atoms with E-state index < -0.39 is 9.84 Å². The molecule has 1 saturated heterocycles. The first kappa shape index (κ1) is 15.5. The normalized spacial score (nSPS) is 22.7. The topological polar surface area (TPSA) is 46.6 Å². The Morgan fingerprint density at radius 2 is 2.00 bits per heavy atom. The van der Waals surface area contributed by atoms with Gasteiger partial charge in [0.05, 0.1) is 16.7 Å². The van der Waals surface area contributed by atoms with Crippen molar-refractivity contribution in [3.05, 3.63) is 46.7 Å². The lowest BCUT2D eigenvalue weighted by Crippen LogP contribution is -2.43. The van der Waals surface area contributed by atoms with Gasteiger partial charge in [0, 0.05) is 19.3 Å². The van der Waals surface area contributed by atoms with E-state index in [-0.39, 0.29) is 12.2 Å². The van der Waals surface area contributed by atoms with Gasteiger partial charge in [-0.3, -0.25) is 0 Å². The molecule has 2 aromatic rings. The molecule has 4 nitrogen and oxygen atoms in total. The maximum Gasteiger partial charge on any atom is 0.177 e. The Kier molecular flexibility index (Phi) is 4.25. The highest BCUT2D eigenvalue weighted by molar-refractivity contribution is 7.90. The van der Waals surface area contributed by atoms with E-state index in [0.717, 1.165) is 11.3 Å². The fourth-order valence-corrected chi connectivity index (χ4v) is 4.43. The minimum Gasteiger partial charge on any atom is -0.367 e. The minimum absolute atomic E-state index is 0.0254. The summed E-state index contributed by atoms with van der Waals surface area (Å²) in [6, 6.07) is 9.25. The first-order valence-electron chi connectivity index (χ1n) is 7.17. The van der Waals surface area contributed by atoms with Crippen molar-refractivity contribution in [2.75, 3.05) is 24.2 Å². The molecule has 0 bridgehead atoms. The molecule has 118 valence electrons. The van der Waals surface area contributed by atoms with Gasteiger partial charge in [0.2, 0.25) is 0 Å². The van der Waals surface area contributed by atoms with Crippen molar-refractivity contribution >= 4 is 26.9 Å². The number of ether oxygens (including phenoxy) is 1. The van der Waals surface area contributed by atoms with Crippen molar-refractivity contribution in [1.82, 2.24) is 0 Å². The zero-order chi connectivity index (χ0) is 15.7. The van der Waals surface area contributed by atoms with E-state index in [4.69, 9.17) is 4.74 Å². The summed E-state index contributed by atoms with van der Waals surface area (Å²) in [7, 11) is -3.25. The number of sulfone groups is 1. The highest BCUT2D eigenvalue weighted by Crippen LogP contribution is 2.32. The van der Waals surface area contributed by atoms with Crippen LogP contribution in [0, 0.1) is 0 Å². The third-order valence-electron chi connectivity index (χ3n) is 3.78. The molecule has 1 aromatic heterocycles. The third kappa shape index (κ3) is 3.19. The zero-order valence-corrected chi connectivity index (χ0v) is 14.2. The molecule has 6 heteroatoms. The SMILES string of the molecule is C[C@@H]1CN(c2ccccc2S(C)(=O)=O)C[C@@H](c2ccsc2)O1. The van der Waals surface area contributed by atoms with Gasteiger partial charge in [-0.05, 0) is 41.4 Å². The number of rotatable bonds is 3. The van der Waals surface area contributed by atoms with Gasteiger partial charge < -0.3 is 9.64 Å². The summed E-state index contributed by atoms with van der Waals surface area (Å²) in [6.45, 7) is 3.37. The Bertz CT molecular complexity index is 741. The van der Waals surface area contributed by atoms with Crippen molar-refractivity contribution in [2.24, 2.45) is 0 Å². The lowest BCUT2D eigenvalue weighted by molar-refractivity contribution is -0.0173. The summed E-state index contributed by atoms with van der Waals surface area (Å²) in [6.07, 6.45) is 1.28. The molecule has 0 radical (unpaired) electrons. The van der Waals surface area contributed by atoms with Crippen molar-refractivity contribution in [3.8, 4) is 0 Å². The first-order valence-corrected chi connectivity index (χ1v) is 10.00. The second kappa shape index (κ2) is 6.02. The van der Waals surface area contributed by atoms with Crippen LogP contribution < -0.4 is 4.90 Å². The summed E-state index contributed by atoms with van der Waals surface area (Å²) in [5.41, 5.74) is 1.92. The largest absolute Gasteiger partial charge is 0.367 e. The number of thiophene rings is 1. The van der Waals surface area contributed by atoms with Crippen LogP contribution in [0.2, 0.25) is 0 Å². The van der Waals surface area contributed by atoms with E-state index in [9.17, 15) is 8.42 Å². The van der Waals surface area contributed by atoms with E-state index in [1.165, 1.54) is 6.26 Å². The van der Waals surface area contributed by atoms with E-state index in [2.05, 4.69) is 16.3 Å². The lowest BCUT2D eigenvalue weighted by Gasteiger charge is -2.38. The Hall–Kier alpha value is -1.37. The van der Waals surface area contributed by atoms with E-state index in [1.54, 1.807) is 23.5 Å². The van der Waals surface area contributed by atoms with Crippen LogP contribution >= 0.6 is 11.3 Å². The highest BCUT2D eigenvalue weighted by atomic mass is 32.2. The number of nitrogens with zero attached hydrogens (tertiary/aromatic N) is 1. The first-order chi connectivity index (χ1) is 10.4. The molecule has 0 aliphatic carbocycles. The van der Waals surface area contributed by atoms with Crippen molar-refractivity contribution < 1.29 is 13.2 Å². The molecule has 1 aliphatic rings. The fraction of sp³-hybridized carbons (Fsp3) is 0.375. The van der Waals surface area contributed by atoms with E-state index >= 15 is 0 Å². The van der Waals surface area contributed by atoms with Crippen LogP contribution in [0.4, 0.5) is 5.69 Å². The van der Waals surface area contributed by atoms with Crippen molar-refractivity contribution in [3.63, 3.8) is 0 Å². The Balaban J connectivity index is 1.95. The lowest BCUT2D eigenvalue weighted by atomic mass is 10.1. The second-order valence-corrected chi connectivity index (χ2v) is 8.40. The van der Waals surface area contributed by atoms with Gasteiger partial charge in [-0.25, -0.2) is 8.42 Å². The third-order valence-corrected chi connectivity index (χ3v) is 5.63. The molecule has 1 aliphatic heterocycles. The predicted octanol–water partition coefficient (Wildman–Crippen LogP) is 3.12. The number of para-hydroxylation sites is 1. The van der Waals surface area contributed by atoms with Crippen LogP contribution in [-0.4, -0.2) is 33.9 Å². The average molecular weight is 337 g/mol. The van der Waals surface area contributed by atoms with Gasteiger partial charge in [0.1, 0.15) is 6.10 Å². The maximum absolute atomic E-state index is 12.0. The number of morpholine rings is 1.